The van der Waals surface area contributed by atoms with E-state index in [1.165, 1.54) is 10.6 Å². The number of nitrogens with zero attached hydrogens (tertiary/aromatic N) is 4. The maximum absolute atomic E-state index is 11.6. The molecular weight excluding hydrogens is 308 g/mol. The van der Waals surface area contributed by atoms with Crippen LogP contribution in [0.5, 0.6) is 0 Å². The third-order valence-corrected chi connectivity index (χ3v) is 4.19. The van der Waals surface area contributed by atoms with Crippen LogP contribution < -0.4 is 0 Å². The largest absolute Gasteiger partial charge is 0.369 e. The topological polar surface area (TPSA) is 59.8 Å². The molecule has 24 heavy (non-hydrogen) atoms. The van der Waals surface area contributed by atoms with Crippen LogP contribution in [0.4, 0.5) is 0 Å². The van der Waals surface area contributed by atoms with Crippen LogP contribution in [0.15, 0.2) is 12.3 Å². The summed E-state index contributed by atoms with van der Waals surface area (Å²) >= 11 is 0. The van der Waals surface area contributed by atoms with Crippen molar-refractivity contribution < 1.29 is 14.3 Å². The maximum Gasteiger partial charge on any atom is 0.248 e. The molecule has 1 amide bonds. The van der Waals surface area contributed by atoms with E-state index in [-0.39, 0.29) is 24.2 Å². The van der Waals surface area contributed by atoms with Crippen molar-refractivity contribution in [3.8, 4) is 0 Å². The van der Waals surface area contributed by atoms with Gasteiger partial charge in [0.1, 0.15) is 6.61 Å². The van der Waals surface area contributed by atoms with Crippen LogP contribution in [0.2, 0.25) is 0 Å². The second-order valence-corrected chi connectivity index (χ2v) is 7.23. The first kappa shape index (κ1) is 18.9. The van der Waals surface area contributed by atoms with E-state index in [2.05, 4.69) is 29.9 Å². The lowest BCUT2D eigenvalue weighted by molar-refractivity contribution is -0.159. The van der Waals surface area contributed by atoms with Crippen molar-refractivity contribution in [2.75, 3.05) is 46.9 Å². The molecule has 0 aliphatic carbocycles. The Hall–Kier alpha value is -1.44. The molecule has 0 radical (unpaired) electrons. The minimum atomic E-state index is -0.218. The summed E-state index contributed by atoms with van der Waals surface area (Å²) in [4.78, 5) is 15.5. The zero-order chi connectivity index (χ0) is 17.7. The van der Waals surface area contributed by atoms with E-state index in [1.807, 2.05) is 17.9 Å². The highest BCUT2D eigenvalue weighted by atomic mass is 16.5. The normalized spacial score (nSPS) is 21.0. The standard InChI is InChI=1S/C17H30N4O3/c1-17(2)13-21(9-7-14-6-8-18-20(14)5)10-15(24-17)11-23-12-16(22)19(3)4/h6,8,15H,7,9-13H2,1-5H3/t15-/m1/s1. The second-order valence-electron chi connectivity index (χ2n) is 7.23. The molecule has 7 nitrogen and oxygen atoms in total. The monoisotopic (exact) mass is 338 g/mol. The van der Waals surface area contributed by atoms with Gasteiger partial charge in [0.15, 0.2) is 0 Å². The van der Waals surface area contributed by atoms with Gasteiger partial charge in [0.2, 0.25) is 5.91 Å². The lowest BCUT2D eigenvalue weighted by Crippen LogP contribution is -2.54. The number of amides is 1. The Kier molecular flexibility index (Phi) is 6.37. The zero-order valence-corrected chi connectivity index (χ0v) is 15.5. The fourth-order valence-electron chi connectivity index (χ4n) is 3.00. The van der Waals surface area contributed by atoms with Gasteiger partial charge < -0.3 is 14.4 Å². The molecule has 1 aliphatic heterocycles. The van der Waals surface area contributed by atoms with Gasteiger partial charge in [-0.3, -0.25) is 14.4 Å². The van der Waals surface area contributed by atoms with Crippen molar-refractivity contribution in [1.29, 1.82) is 0 Å². The summed E-state index contributed by atoms with van der Waals surface area (Å²) in [5, 5.41) is 4.21. The number of ether oxygens (including phenoxy) is 2. The van der Waals surface area contributed by atoms with Gasteiger partial charge in [-0.2, -0.15) is 5.10 Å². The maximum atomic E-state index is 11.6. The van der Waals surface area contributed by atoms with E-state index < -0.39 is 0 Å². The summed E-state index contributed by atoms with van der Waals surface area (Å²) in [5.41, 5.74) is 1.01. The number of carbonyl (C=O) groups is 1. The van der Waals surface area contributed by atoms with Crippen molar-refractivity contribution in [3.05, 3.63) is 18.0 Å². The minimum Gasteiger partial charge on any atom is -0.369 e. The molecule has 2 rings (SSSR count). The summed E-state index contributed by atoms with van der Waals surface area (Å²) in [6.07, 6.45) is 2.77. The van der Waals surface area contributed by atoms with E-state index >= 15 is 0 Å². The summed E-state index contributed by atoms with van der Waals surface area (Å²) in [6.45, 7) is 7.39. The molecule has 1 atom stereocenters. The summed E-state index contributed by atoms with van der Waals surface area (Å²) in [6, 6.07) is 2.05. The van der Waals surface area contributed by atoms with E-state index in [0.29, 0.717) is 6.61 Å². The van der Waals surface area contributed by atoms with Crippen molar-refractivity contribution >= 4 is 5.91 Å². The number of rotatable bonds is 7. The first-order valence-electron chi connectivity index (χ1n) is 8.42. The summed E-state index contributed by atoms with van der Waals surface area (Å²) in [5.74, 6) is -0.0295. The van der Waals surface area contributed by atoms with E-state index in [4.69, 9.17) is 9.47 Å². The molecule has 7 heteroatoms. The van der Waals surface area contributed by atoms with Gasteiger partial charge in [-0.05, 0) is 19.9 Å². The molecule has 1 saturated heterocycles. The number of morpholine rings is 1. The average Bonchev–Trinajstić information content (AvgIpc) is 2.88. The highest BCUT2D eigenvalue weighted by Crippen LogP contribution is 2.21. The van der Waals surface area contributed by atoms with Gasteiger partial charge in [0, 0.05) is 59.1 Å². The van der Waals surface area contributed by atoms with Crippen LogP contribution in [0.1, 0.15) is 19.5 Å². The molecule has 0 N–H and O–H groups in total. The average molecular weight is 338 g/mol. The van der Waals surface area contributed by atoms with Gasteiger partial charge in [-0.1, -0.05) is 0 Å². The minimum absolute atomic E-state index is 0.0183. The van der Waals surface area contributed by atoms with Crippen LogP contribution in [-0.4, -0.2) is 84.1 Å². The van der Waals surface area contributed by atoms with Crippen molar-refractivity contribution in [2.45, 2.75) is 32.0 Å². The number of aryl methyl sites for hydroxylation is 1. The first-order chi connectivity index (χ1) is 11.3. The fourth-order valence-corrected chi connectivity index (χ4v) is 3.00. The third-order valence-electron chi connectivity index (χ3n) is 4.19. The van der Waals surface area contributed by atoms with Gasteiger partial charge in [0.25, 0.3) is 0 Å². The van der Waals surface area contributed by atoms with Gasteiger partial charge >= 0.3 is 0 Å². The highest BCUT2D eigenvalue weighted by Gasteiger charge is 2.33. The molecule has 1 aromatic heterocycles. The Morgan fingerprint density at radius 2 is 2.25 bits per heavy atom. The number of hydrogen-bond donors (Lipinski definition) is 0. The Bertz CT molecular complexity index is 542. The van der Waals surface area contributed by atoms with Crippen molar-refractivity contribution in [1.82, 2.24) is 19.6 Å². The zero-order valence-electron chi connectivity index (χ0n) is 15.5. The van der Waals surface area contributed by atoms with Crippen LogP contribution in [0.25, 0.3) is 0 Å². The first-order valence-corrected chi connectivity index (χ1v) is 8.42. The molecule has 0 spiro atoms. The van der Waals surface area contributed by atoms with E-state index in [0.717, 1.165) is 26.1 Å². The molecule has 0 bridgehead atoms. The summed E-state index contributed by atoms with van der Waals surface area (Å²) < 4.78 is 13.6. The van der Waals surface area contributed by atoms with Gasteiger partial charge in [-0.25, -0.2) is 0 Å². The molecule has 1 aromatic rings. The van der Waals surface area contributed by atoms with Crippen molar-refractivity contribution in [2.24, 2.45) is 7.05 Å². The Morgan fingerprint density at radius 3 is 2.88 bits per heavy atom. The number of hydrogen-bond acceptors (Lipinski definition) is 5. The van der Waals surface area contributed by atoms with Crippen LogP contribution in [-0.2, 0) is 27.7 Å². The SMILES string of the molecule is CN(C)C(=O)COC[C@H]1CN(CCc2ccnn2C)CC(C)(C)O1. The van der Waals surface area contributed by atoms with Crippen LogP contribution in [0, 0.1) is 0 Å². The number of likely N-dealkylation sites (N-methyl/N-ethyl adjacent to an activating group) is 1. The van der Waals surface area contributed by atoms with Crippen LogP contribution in [0.3, 0.4) is 0 Å². The molecule has 0 saturated carbocycles. The lowest BCUT2D eigenvalue weighted by Gasteiger charge is -2.42. The molecule has 1 aliphatic rings. The van der Waals surface area contributed by atoms with E-state index in [1.54, 1.807) is 14.1 Å². The molecule has 1 fully saturated rings. The van der Waals surface area contributed by atoms with Crippen LogP contribution >= 0.6 is 0 Å². The van der Waals surface area contributed by atoms with E-state index in [9.17, 15) is 4.79 Å². The second kappa shape index (κ2) is 8.09. The lowest BCUT2D eigenvalue weighted by atomic mass is 10.0. The van der Waals surface area contributed by atoms with Crippen molar-refractivity contribution in [3.63, 3.8) is 0 Å². The molecule has 136 valence electrons. The van der Waals surface area contributed by atoms with Gasteiger partial charge in [-0.15, -0.1) is 0 Å². The Morgan fingerprint density at radius 1 is 1.50 bits per heavy atom. The molecule has 0 aromatic carbocycles. The predicted molar refractivity (Wildman–Crippen MR) is 91.8 cm³/mol. The smallest absolute Gasteiger partial charge is 0.248 e. The molecule has 2 heterocycles. The third kappa shape index (κ3) is 5.58. The number of aromatic nitrogens is 2. The summed E-state index contributed by atoms with van der Waals surface area (Å²) in [7, 11) is 5.43. The fraction of sp³-hybridized carbons (Fsp3) is 0.765. The Labute approximate surface area is 144 Å². The predicted octanol–water partition coefficient (Wildman–Crippen LogP) is 0.547. The van der Waals surface area contributed by atoms with Gasteiger partial charge in [0.05, 0.1) is 18.3 Å². The highest BCUT2D eigenvalue weighted by molar-refractivity contribution is 5.76. The molecular formula is C17H30N4O3. The quantitative estimate of drug-likeness (QED) is 0.726. The Balaban J connectivity index is 1.82. The molecule has 0 unspecified atom stereocenters. The number of carbonyl (C=O) groups excluding carboxylic acids is 1.